The summed E-state index contributed by atoms with van der Waals surface area (Å²) >= 11 is 6.05. The molecule has 3 rings (SSSR count). The molecule has 1 aromatic carbocycles. The van der Waals surface area contributed by atoms with Crippen LogP contribution in [0.25, 0.3) is 0 Å². The Bertz CT molecular complexity index is 670. The number of carbonyl (C=O) groups is 1. The zero-order valence-electron chi connectivity index (χ0n) is 16.0. The Labute approximate surface area is 188 Å². The third-order valence-electron chi connectivity index (χ3n) is 4.80. The molecule has 0 bridgehead atoms. The van der Waals surface area contributed by atoms with Gasteiger partial charge in [-0.1, -0.05) is 23.7 Å². The van der Waals surface area contributed by atoms with Gasteiger partial charge in [-0.3, -0.25) is 9.79 Å². The van der Waals surface area contributed by atoms with Crippen LogP contribution in [0, 0.1) is 0 Å². The third-order valence-corrected chi connectivity index (χ3v) is 5.13. The highest BCUT2D eigenvalue weighted by atomic mass is 127. The van der Waals surface area contributed by atoms with Crippen LogP contribution in [-0.2, 0) is 9.47 Å². The van der Waals surface area contributed by atoms with E-state index in [1.807, 2.05) is 0 Å². The van der Waals surface area contributed by atoms with Gasteiger partial charge in [0, 0.05) is 39.8 Å². The summed E-state index contributed by atoms with van der Waals surface area (Å²) in [5, 5.41) is 6.63. The minimum Gasteiger partial charge on any atom is -0.375 e. The first-order valence-electron chi connectivity index (χ1n) is 9.40. The lowest BCUT2D eigenvalue weighted by Crippen LogP contribution is -2.54. The number of nitrogens with one attached hydrogen (secondary N) is 2. The van der Waals surface area contributed by atoms with Gasteiger partial charge in [-0.2, -0.15) is 0 Å². The highest BCUT2D eigenvalue weighted by Crippen LogP contribution is 2.21. The van der Waals surface area contributed by atoms with E-state index in [-0.39, 0.29) is 42.1 Å². The van der Waals surface area contributed by atoms with E-state index in [2.05, 4.69) is 20.5 Å². The molecule has 2 saturated heterocycles. The van der Waals surface area contributed by atoms with Crippen molar-refractivity contribution < 1.29 is 14.3 Å². The SMILES string of the molecule is CN=C(NCCNC(=O)c1ccccc1Cl)N1CCOC(C2CCCO2)C1.I. The molecule has 0 aliphatic carbocycles. The second kappa shape index (κ2) is 11.8. The van der Waals surface area contributed by atoms with Crippen LogP contribution in [-0.4, -0.2) is 75.4 Å². The number of aliphatic imine (C=N–C) groups is 1. The third kappa shape index (κ3) is 6.20. The molecule has 0 spiro atoms. The molecule has 0 radical (unpaired) electrons. The van der Waals surface area contributed by atoms with E-state index in [1.165, 1.54) is 0 Å². The van der Waals surface area contributed by atoms with Gasteiger partial charge in [0.05, 0.1) is 23.3 Å². The molecule has 0 saturated carbocycles. The predicted molar refractivity (Wildman–Crippen MR) is 121 cm³/mol. The molecule has 2 aliphatic rings. The lowest BCUT2D eigenvalue weighted by molar-refractivity contribution is -0.0816. The van der Waals surface area contributed by atoms with Crippen molar-refractivity contribution in [2.75, 3.05) is 46.4 Å². The molecule has 2 fully saturated rings. The Kier molecular flexibility index (Phi) is 9.76. The Morgan fingerprint density at radius 2 is 1.96 bits per heavy atom. The number of morpholine rings is 1. The van der Waals surface area contributed by atoms with Crippen molar-refractivity contribution in [3.63, 3.8) is 0 Å². The molecule has 2 N–H and O–H groups in total. The van der Waals surface area contributed by atoms with Gasteiger partial charge in [0.1, 0.15) is 6.10 Å². The van der Waals surface area contributed by atoms with Crippen molar-refractivity contribution in [1.29, 1.82) is 0 Å². The number of hydrogen-bond acceptors (Lipinski definition) is 4. The first kappa shape index (κ1) is 23.2. The van der Waals surface area contributed by atoms with Gasteiger partial charge >= 0.3 is 0 Å². The smallest absolute Gasteiger partial charge is 0.252 e. The largest absolute Gasteiger partial charge is 0.375 e. The molecule has 2 aliphatic heterocycles. The monoisotopic (exact) mass is 522 g/mol. The Balaban J connectivity index is 0.00000280. The van der Waals surface area contributed by atoms with Crippen molar-refractivity contribution in [2.24, 2.45) is 4.99 Å². The lowest BCUT2D eigenvalue weighted by Gasteiger charge is -2.37. The van der Waals surface area contributed by atoms with Gasteiger partial charge in [-0.15, -0.1) is 24.0 Å². The Morgan fingerprint density at radius 1 is 1.21 bits per heavy atom. The molecule has 0 aromatic heterocycles. The molecule has 1 aromatic rings. The van der Waals surface area contributed by atoms with E-state index in [9.17, 15) is 4.79 Å². The first-order chi connectivity index (χ1) is 13.2. The summed E-state index contributed by atoms with van der Waals surface area (Å²) in [6.07, 6.45) is 2.42. The zero-order chi connectivity index (χ0) is 19.1. The van der Waals surface area contributed by atoms with Crippen LogP contribution in [0.3, 0.4) is 0 Å². The quantitative estimate of drug-likeness (QED) is 0.268. The van der Waals surface area contributed by atoms with Gasteiger partial charge in [0.25, 0.3) is 5.91 Å². The van der Waals surface area contributed by atoms with Crippen LogP contribution in [0.4, 0.5) is 0 Å². The highest BCUT2D eigenvalue weighted by molar-refractivity contribution is 14.0. The van der Waals surface area contributed by atoms with Crippen molar-refractivity contribution >= 4 is 47.4 Å². The zero-order valence-corrected chi connectivity index (χ0v) is 19.1. The Morgan fingerprint density at radius 3 is 2.68 bits per heavy atom. The Hall–Kier alpha value is -1.10. The fraction of sp³-hybridized carbons (Fsp3) is 0.579. The van der Waals surface area contributed by atoms with E-state index >= 15 is 0 Å². The fourth-order valence-electron chi connectivity index (χ4n) is 3.41. The summed E-state index contributed by atoms with van der Waals surface area (Å²) in [6, 6.07) is 7.02. The molecule has 2 unspecified atom stereocenters. The maximum Gasteiger partial charge on any atom is 0.252 e. The summed E-state index contributed by atoms with van der Waals surface area (Å²) < 4.78 is 11.6. The number of halogens is 2. The van der Waals surface area contributed by atoms with Crippen molar-refractivity contribution in [3.8, 4) is 0 Å². The van der Waals surface area contributed by atoms with Crippen molar-refractivity contribution in [2.45, 2.75) is 25.0 Å². The van der Waals surface area contributed by atoms with Crippen LogP contribution in [0.1, 0.15) is 23.2 Å². The van der Waals surface area contributed by atoms with Crippen molar-refractivity contribution in [3.05, 3.63) is 34.9 Å². The van der Waals surface area contributed by atoms with Gasteiger partial charge in [-0.25, -0.2) is 0 Å². The van der Waals surface area contributed by atoms with E-state index < -0.39 is 0 Å². The fourth-order valence-corrected chi connectivity index (χ4v) is 3.63. The molecule has 7 nitrogen and oxygen atoms in total. The van der Waals surface area contributed by atoms with Crippen LogP contribution in [0.5, 0.6) is 0 Å². The topological polar surface area (TPSA) is 75.2 Å². The normalized spacial score (nSPS) is 22.5. The molecular formula is C19H28ClIN4O3. The highest BCUT2D eigenvalue weighted by Gasteiger charge is 2.32. The molecule has 2 atom stereocenters. The average Bonchev–Trinajstić information content (AvgIpc) is 3.23. The minimum absolute atomic E-state index is 0. The van der Waals surface area contributed by atoms with Crippen LogP contribution in [0.15, 0.2) is 29.3 Å². The second-order valence-electron chi connectivity index (χ2n) is 6.62. The van der Waals surface area contributed by atoms with E-state index in [4.69, 9.17) is 21.1 Å². The summed E-state index contributed by atoms with van der Waals surface area (Å²) in [7, 11) is 1.77. The van der Waals surface area contributed by atoms with Gasteiger partial charge in [0.2, 0.25) is 0 Å². The lowest BCUT2D eigenvalue weighted by atomic mass is 10.1. The molecule has 1 amide bonds. The first-order valence-corrected chi connectivity index (χ1v) is 9.78. The van der Waals surface area contributed by atoms with Gasteiger partial charge in [0.15, 0.2) is 5.96 Å². The predicted octanol–water partition coefficient (Wildman–Crippen LogP) is 2.14. The standard InChI is InChI=1S/C19H27ClN4O3.HI/c1-21-19(24-10-12-27-17(13-24)16-7-4-11-26-16)23-9-8-22-18(25)14-5-2-3-6-15(14)20;/h2-3,5-6,16-17H,4,7-13H2,1H3,(H,21,23)(H,22,25);1H. The van der Waals surface area contributed by atoms with E-state index in [0.29, 0.717) is 30.3 Å². The summed E-state index contributed by atoms with van der Waals surface area (Å²) in [5.74, 6) is 0.635. The average molecular weight is 523 g/mol. The van der Waals surface area contributed by atoms with Gasteiger partial charge < -0.3 is 25.0 Å². The number of benzene rings is 1. The minimum atomic E-state index is -0.179. The molecule has 28 heavy (non-hydrogen) atoms. The number of nitrogens with zero attached hydrogens (tertiary/aromatic N) is 2. The number of carbonyl (C=O) groups excluding carboxylic acids is 1. The summed E-state index contributed by atoms with van der Waals surface area (Å²) in [5.41, 5.74) is 0.483. The number of amides is 1. The number of guanidine groups is 1. The number of rotatable bonds is 5. The molecule has 156 valence electrons. The molecular weight excluding hydrogens is 495 g/mol. The maximum atomic E-state index is 12.2. The molecule has 2 heterocycles. The van der Waals surface area contributed by atoms with E-state index in [0.717, 1.165) is 38.5 Å². The number of hydrogen-bond donors (Lipinski definition) is 2. The van der Waals surface area contributed by atoms with Gasteiger partial charge in [-0.05, 0) is 25.0 Å². The second-order valence-corrected chi connectivity index (χ2v) is 7.02. The van der Waals surface area contributed by atoms with Crippen LogP contribution >= 0.6 is 35.6 Å². The van der Waals surface area contributed by atoms with Crippen LogP contribution < -0.4 is 10.6 Å². The van der Waals surface area contributed by atoms with Crippen molar-refractivity contribution in [1.82, 2.24) is 15.5 Å². The summed E-state index contributed by atoms with van der Waals surface area (Å²) in [6.45, 7) is 4.08. The van der Waals surface area contributed by atoms with Crippen LogP contribution in [0.2, 0.25) is 5.02 Å². The summed E-state index contributed by atoms with van der Waals surface area (Å²) in [4.78, 5) is 18.7. The maximum absolute atomic E-state index is 12.2. The van der Waals surface area contributed by atoms with E-state index in [1.54, 1.807) is 31.3 Å². The number of ether oxygens (including phenoxy) is 2. The molecule has 9 heteroatoms.